The van der Waals surface area contributed by atoms with E-state index in [-0.39, 0.29) is 5.60 Å². The Morgan fingerprint density at radius 3 is 2.62 bits per heavy atom. The maximum absolute atomic E-state index is 6.12. The Balaban J connectivity index is 2.29. The number of benzene rings is 1. The molecule has 1 unspecified atom stereocenters. The van der Waals surface area contributed by atoms with E-state index in [0.717, 1.165) is 31.7 Å². The Morgan fingerprint density at radius 2 is 2.05 bits per heavy atom. The number of rotatable bonds is 6. The summed E-state index contributed by atoms with van der Waals surface area (Å²) in [6, 6.07) is 9.20. The molecule has 0 saturated heterocycles. The van der Waals surface area contributed by atoms with E-state index in [4.69, 9.17) is 4.74 Å². The summed E-state index contributed by atoms with van der Waals surface area (Å²) in [5.41, 5.74) is 2.65. The van der Waals surface area contributed by atoms with Crippen molar-refractivity contribution in [3.63, 3.8) is 0 Å². The minimum Gasteiger partial charge on any atom is -0.376 e. The highest BCUT2D eigenvalue weighted by molar-refractivity contribution is 5.28. The van der Waals surface area contributed by atoms with E-state index < -0.39 is 0 Å². The van der Waals surface area contributed by atoms with E-state index in [9.17, 15) is 0 Å². The van der Waals surface area contributed by atoms with Gasteiger partial charge in [-0.2, -0.15) is 0 Å². The highest BCUT2D eigenvalue weighted by Gasteiger charge is 2.42. The van der Waals surface area contributed by atoms with E-state index in [0.29, 0.717) is 6.04 Å². The van der Waals surface area contributed by atoms with E-state index in [1.165, 1.54) is 24.0 Å². The standard InChI is InChI=1S/C19H31NO/c1-5-13-20-18(17-8-6-7-16(3)14-17)19(21-4)11-9-15(2)10-12-19/h6-8,14-15,18,20H,5,9-13H2,1-4H3. The molecule has 0 spiro atoms. The van der Waals surface area contributed by atoms with Gasteiger partial charge in [-0.15, -0.1) is 0 Å². The van der Waals surface area contributed by atoms with Gasteiger partial charge in [0.05, 0.1) is 11.6 Å². The molecule has 2 nitrogen and oxygen atoms in total. The lowest BCUT2D eigenvalue weighted by Gasteiger charge is -2.44. The third kappa shape index (κ3) is 3.87. The van der Waals surface area contributed by atoms with E-state index >= 15 is 0 Å². The molecular weight excluding hydrogens is 258 g/mol. The molecule has 0 heterocycles. The summed E-state index contributed by atoms with van der Waals surface area (Å²) in [6.07, 6.45) is 5.99. The van der Waals surface area contributed by atoms with Gasteiger partial charge in [0, 0.05) is 7.11 Å². The number of methoxy groups -OCH3 is 1. The fourth-order valence-corrected chi connectivity index (χ4v) is 3.61. The first-order valence-electron chi connectivity index (χ1n) is 8.46. The smallest absolute Gasteiger partial charge is 0.0872 e. The molecule has 1 aliphatic rings. The second-order valence-electron chi connectivity index (χ2n) is 6.75. The van der Waals surface area contributed by atoms with Gasteiger partial charge in [0.1, 0.15) is 0 Å². The number of hydrogen-bond acceptors (Lipinski definition) is 2. The molecule has 21 heavy (non-hydrogen) atoms. The van der Waals surface area contributed by atoms with Crippen LogP contribution in [0.25, 0.3) is 0 Å². The largest absolute Gasteiger partial charge is 0.376 e. The van der Waals surface area contributed by atoms with Gasteiger partial charge >= 0.3 is 0 Å². The van der Waals surface area contributed by atoms with Crippen LogP contribution in [0.1, 0.15) is 63.1 Å². The van der Waals surface area contributed by atoms with Crippen molar-refractivity contribution in [2.75, 3.05) is 13.7 Å². The van der Waals surface area contributed by atoms with Crippen molar-refractivity contribution in [1.82, 2.24) is 5.32 Å². The van der Waals surface area contributed by atoms with E-state index in [1.807, 2.05) is 7.11 Å². The molecule has 0 amide bonds. The number of nitrogens with one attached hydrogen (secondary N) is 1. The highest BCUT2D eigenvalue weighted by Crippen LogP contribution is 2.43. The Bertz CT molecular complexity index is 435. The average molecular weight is 289 g/mol. The van der Waals surface area contributed by atoms with Gasteiger partial charge in [-0.3, -0.25) is 0 Å². The lowest BCUT2D eigenvalue weighted by Crippen LogP contribution is -2.48. The van der Waals surface area contributed by atoms with Gasteiger partial charge < -0.3 is 10.1 Å². The van der Waals surface area contributed by atoms with Crippen molar-refractivity contribution in [3.05, 3.63) is 35.4 Å². The summed E-state index contributed by atoms with van der Waals surface area (Å²) in [5.74, 6) is 0.831. The molecule has 1 fully saturated rings. The first-order chi connectivity index (χ1) is 10.1. The molecule has 118 valence electrons. The second kappa shape index (κ2) is 7.42. The summed E-state index contributed by atoms with van der Waals surface area (Å²) in [5, 5.41) is 3.76. The zero-order chi connectivity index (χ0) is 15.3. The third-order valence-electron chi connectivity index (χ3n) is 5.03. The van der Waals surface area contributed by atoms with Crippen molar-refractivity contribution in [2.24, 2.45) is 5.92 Å². The monoisotopic (exact) mass is 289 g/mol. The van der Waals surface area contributed by atoms with Crippen LogP contribution >= 0.6 is 0 Å². The minimum atomic E-state index is -0.0462. The highest BCUT2D eigenvalue weighted by atomic mass is 16.5. The normalized spacial score (nSPS) is 27.5. The molecular formula is C19H31NO. The summed E-state index contributed by atoms with van der Waals surface area (Å²) in [7, 11) is 1.90. The molecule has 1 aromatic rings. The molecule has 1 aromatic carbocycles. The summed E-state index contributed by atoms with van der Waals surface area (Å²) >= 11 is 0. The van der Waals surface area contributed by atoms with Crippen molar-refractivity contribution in [2.45, 2.75) is 64.5 Å². The molecule has 1 N–H and O–H groups in total. The van der Waals surface area contributed by atoms with Crippen molar-refractivity contribution in [3.8, 4) is 0 Å². The van der Waals surface area contributed by atoms with Crippen LogP contribution in [0.5, 0.6) is 0 Å². The molecule has 0 radical (unpaired) electrons. The first kappa shape index (κ1) is 16.5. The Morgan fingerprint density at radius 1 is 1.33 bits per heavy atom. The molecule has 1 aliphatic carbocycles. The van der Waals surface area contributed by atoms with Crippen molar-refractivity contribution in [1.29, 1.82) is 0 Å². The van der Waals surface area contributed by atoms with Gasteiger partial charge in [0.25, 0.3) is 0 Å². The zero-order valence-electron chi connectivity index (χ0n) is 14.1. The molecule has 2 heteroatoms. The van der Waals surface area contributed by atoms with Gasteiger partial charge in [-0.1, -0.05) is 43.7 Å². The Labute approximate surface area is 130 Å². The third-order valence-corrected chi connectivity index (χ3v) is 5.03. The van der Waals surface area contributed by atoms with Gasteiger partial charge in [-0.25, -0.2) is 0 Å². The lowest BCUT2D eigenvalue weighted by molar-refractivity contribution is -0.0760. The van der Waals surface area contributed by atoms with Gasteiger partial charge in [0.15, 0.2) is 0 Å². The average Bonchev–Trinajstić information content (AvgIpc) is 2.50. The number of hydrogen-bond donors (Lipinski definition) is 1. The first-order valence-corrected chi connectivity index (χ1v) is 8.46. The predicted octanol–water partition coefficient (Wildman–Crippen LogP) is 4.63. The predicted molar refractivity (Wildman–Crippen MR) is 89.6 cm³/mol. The van der Waals surface area contributed by atoms with Crippen LogP contribution in [0.3, 0.4) is 0 Å². The Hall–Kier alpha value is -0.860. The molecule has 0 bridgehead atoms. The van der Waals surface area contributed by atoms with Crippen LogP contribution in [0.2, 0.25) is 0 Å². The van der Waals surface area contributed by atoms with Crippen LogP contribution in [0.15, 0.2) is 24.3 Å². The summed E-state index contributed by atoms with van der Waals surface area (Å²) in [4.78, 5) is 0. The quantitative estimate of drug-likeness (QED) is 0.824. The van der Waals surface area contributed by atoms with Crippen LogP contribution < -0.4 is 5.32 Å². The van der Waals surface area contributed by atoms with Crippen LogP contribution in [0, 0.1) is 12.8 Å². The topological polar surface area (TPSA) is 21.3 Å². The van der Waals surface area contributed by atoms with Crippen molar-refractivity contribution >= 4 is 0 Å². The van der Waals surface area contributed by atoms with E-state index in [2.05, 4.69) is 50.4 Å². The Kier molecular flexibility index (Phi) is 5.83. The zero-order valence-corrected chi connectivity index (χ0v) is 14.1. The minimum absolute atomic E-state index is 0.0462. The molecule has 1 saturated carbocycles. The van der Waals surface area contributed by atoms with Gasteiger partial charge in [-0.05, 0) is 57.1 Å². The fraction of sp³-hybridized carbons (Fsp3) is 0.684. The molecule has 0 aliphatic heterocycles. The lowest BCUT2D eigenvalue weighted by atomic mass is 9.73. The number of aryl methyl sites for hydroxylation is 1. The van der Waals surface area contributed by atoms with Crippen LogP contribution in [0.4, 0.5) is 0 Å². The van der Waals surface area contributed by atoms with E-state index in [1.54, 1.807) is 0 Å². The number of ether oxygens (including phenoxy) is 1. The van der Waals surface area contributed by atoms with Crippen LogP contribution in [-0.2, 0) is 4.74 Å². The summed E-state index contributed by atoms with van der Waals surface area (Å²) in [6.45, 7) is 7.80. The maximum Gasteiger partial charge on any atom is 0.0872 e. The fourth-order valence-electron chi connectivity index (χ4n) is 3.61. The summed E-state index contributed by atoms with van der Waals surface area (Å²) < 4.78 is 6.12. The molecule has 1 atom stereocenters. The van der Waals surface area contributed by atoms with Crippen LogP contribution in [-0.4, -0.2) is 19.3 Å². The van der Waals surface area contributed by atoms with Crippen molar-refractivity contribution < 1.29 is 4.74 Å². The SMILES string of the molecule is CCCNC(c1cccc(C)c1)C1(OC)CCC(C)CC1. The molecule has 0 aromatic heterocycles. The molecule has 2 rings (SSSR count). The maximum atomic E-state index is 6.12. The van der Waals surface area contributed by atoms with Gasteiger partial charge in [0.2, 0.25) is 0 Å². The second-order valence-corrected chi connectivity index (χ2v) is 6.75.